The Labute approximate surface area is 267 Å². The van der Waals surface area contributed by atoms with Crippen molar-refractivity contribution in [2.45, 2.75) is 82.3 Å². The number of ether oxygens (including phenoxy) is 1. The van der Waals surface area contributed by atoms with Gasteiger partial charge in [-0.1, -0.05) is 18.2 Å². The minimum Gasteiger partial charge on any atom is -0.444 e. The third kappa shape index (κ3) is 5.14. The second kappa shape index (κ2) is 10.4. The van der Waals surface area contributed by atoms with Crippen molar-refractivity contribution >= 4 is 28.8 Å². The maximum atomic E-state index is 13.9. The molecule has 47 heavy (non-hydrogen) atoms. The highest BCUT2D eigenvalue weighted by Gasteiger charge is 2.59. The first-order chi connectivity index (χ1) is 22.1. The average Bonchev–Trinajstić information content (AvgIpc) is 3.60. The number of anilines is 2. The number of aromatic nitrogens is 5. The summed E-state index contributed by atoms with van der Waals surface area (Å²) in [6.45, 7) is 10.2. The fraction of sp³-hybridized carbons (Fsp3) is 0.424. The van der Waals surface area contributed by atoms with E-state index in [9.17, 15) is 27.9 Å². The van der Waals surface area contributed by atoms with Crippen LogP contribution in [-0.4, -0.2) is 58.7 Å². The standard InChI is InChI=1S/C33H34F3N7O4/c1-5-14-42-27(44)22-16-37-28(40-26(22)43(42)24-9-6-19-10-11-32(46,25(19)39-24)33(34,35)36)38-21-7-8-23-20(15-21)17-41(18-31(23)12-13-31)29(45)47-30(2,3)4/h5-9,15-16,46H,1,10-14,17-18H2,2-4H3,(H,37,38,40). The predicted octanol–water partition coefficient (Wildman–Crippen LogP) is 5.39. The van der Waals surface area contributed by atoms with E-state index >= 15 is 0 Å². The maximum Gasteiger partial charge on any atom is 0.423 e. The Morgan fingerprint density at radius 2 is 1.89 bits per heavy atom. The number of nitrogens with one attached hydrogen (secondary N) is 1. The lowest BCUT2D eigenvalue weighted by Gasteiger charge is -2.36. The molecule has 2 aliphatic carbocycles. The Morgan fingerprint density at radius 1 is 1.13 bits per heavy atom. The Hall–Kier alpha value is -4.72. The van der Waals surface area contributed by atoms with Gasteiger partial charge in [0.05, 0.1) is 12.2 Å². The zero-order chi connectivity index (χ0) is 33.5. The van der Waals surface area contributed by atoms with Crippen LogP contribution in [0.1, 0.15) is 62.4 Å². The van der Waals surface area contributed by atoms with Gasteiger partial charge in [0.25, 0.3) is 5.56 Å². The fourth-order valence-electron chi connectivity index (χ4n) is 6.67. The fourth-order valence-corrected chi connectivity index (χ4v) is 6.67. The van der Waals surface area contributed by atoms with Crippen molar-refractivity contribution in [2.75, 3.05) is 11.9 Å². The van der Waals surface area contributed by atoms with Crippen molar-refractivity contribution in [2.24, 2.45) is 0 Å². The molecule has 4 heterocycles. The van der Waals surface area contributed by atoms with Crippen LogP contribution in [0.5, 0.6) is 0 Å². The summed E-state index contributed by atoms with van der Waals surface area (Å²) in [6.07, 6.45) is -1.05. The molecule has 1 saturated carbocycles. The predicted molar refractivity (Wildman–Crippen MR) is 167 cm³/mol. The van der Waals surface area contributed by atoms with Gasteiger partial charge in [-0.05, 0) is 81.3 Å². The first-order valence-electron chi connectivity index (χ1n) is 15.4. The number of aliphatic hydroxyl groups is 1. The molecule has 246 valence electrons. The lowest BCUT2D eigenvalue weighted by Crippen LogP contribution is -2.44. The van der Waals surface area contributed by atoms with E-state index in [1.165, 1.54) is 39.3 Å². The van der Waals surface area contributed by atoms with Gasteiger partial charge in [0.1, 0.15) is 11.0 Å². The number of rotatable bonds is 5. The zero-order valence-corrected chi connectivity index (χ0v) is 26.2. The van der Waals surface area contributed by atoms with Crippen molar-refractivity contribution in [1.29, 1.82) is 0 Å². The molecule has 1 aliphatic heterocycles. The first-order valence-corrected chi connectivity index (χ1v) is 15.4. The highest BCUT2D eigenvalue weighted by atomic mass is 19.4. The number of alkyl halides is 3. The summed E-state index contributed by atoms with van der Waals surface area (Å²) in [5.74, 6) is 0.119. The van der Waals surface area contributed by atoms with Gasteiger partial charge >= 0.3 is 12.3 Å². The van der Waals surface area contributed by atoms with E-state index < -0.39 is 35.1 Å². The van der Waals surface area contributed by atoms with Gasteiger partial charge in [-0.25, -0.2) is 24.1 Å². The largest absolute Gasteiger partial charge is 0.444 e. The summed E-state index contributed by atoms with van der Waals surface area (Å²) in [6, 6.07) is 8.88. The summed E-state index contributed by atoms with van der Waals surface area (Å²) in [7, 11) is 0. The smallest absolute Gasteiger partial charge is 0.423 e. The molecule has 7 rings (SSSR count). The van der Waals surface area contributed by atoms with Gasteiger partial charge in [-0.15, -0.1) is 6.58 Å². The maximum absolute atomic E-state index is 13.9. The molecule has 1 fully saturated rings. The number of hydrogen-bond acceptors (Lipinski definition) is 8. The van der Waals surface area contributed by atoms with E-state index in [0.29, 0.717) is 18.8 Å². The molecule has 4 aromatic rings. The summed E-state index contributed by atoms with van der Waals surface area (Å²) in [5, 5.41) is 13.9. The summed E-state index contributed by atoms with van der Waals surface area (Å²) in [5.41, 5.74) is -1.57. The molecule has 0 radical (unpaired) electrons. The quantitative estimate of drug-likeness (QED) is 0.276. The zero-order valence-electron chi connectivity index (χ0n) is 26.2. The van der Waals surface area contributed by atoms with E-state index in [4.69, 9.17) is 4.74 Å². The molecule has 1 spiro atoms. The Balaban J connectivity index is 1.26. The second-order valence-electron chi connectivity index (χ2n) is 13.6. The molecule has 0 bridgehead atoms. The Kier molecular flexibility index (Phi) is 6.83. The van der Waals surface area contributed by atoms with Crippen molar-refractivity contribution < 1.29 is 27.8 Å². The van der Waals surface area contributed by atoms with Crippen LogP contribution >= 0.6 is 0 Å². The number of hydrogen-bond donors (Lipinski definition) is 2. The van der Waals surface area contributed by atoms with Crippen molar-refractivity contribution in [3.63, 3.8) is 0 Å². The molecule has 11 nitrogen and oxygen atoms in total. The van der Waals surface area contributed by atoms with Crippen LogP contribution in [0, 0.1) is 0 Å². The molecule has 1 aromatic carbocycles. The number of fused-ring (bicyclic) bond motifs is 4. The molecular formula is C33H34F3N7O4. The summed E-state index contributed by atoms with van der Waals surface area (Å²) >= 11 is 0. The molecule has 1 atom stereocenters. The van der Waals surface area contributed by atoms with E-state index in [2.05, 4.69) is 26.8 Å². The SMILES string of the molecule is C=CCn1c(=O)c2cnc(Nc3ccc4c(c3)CN(C(=O)OC(C)(C)C)CC43CC3)nc2n1-c1ccc2c(n1)C(O)(C(F)(F)F)CC2. The van der Waals surface area contributed by atoms with Crippen LogP contribution in [-0.2, 0) is 35.3 Å². The van der Waals surface area contributed by atoms with Gasteiger partial charge in [0.2, 0.25) is 11.5 Å². The molecule has 0 saturated heterocycles. The van der Waals surface area contributed by atoms with Gasteiger partial charge in [0.15, 0.2) is 11.5 Å². The number of nitrogens with zero attached hydrogens (tertiary/aromatic N) is 6. The number of amides is 1. The van der Waals surface area contributed by atoms with Crippen LogP contribution in [0.3, 0.4) is 0 Å². The van der Waals surface area contributed by atoms with Crippen molar-refractivity contribution in [3.8, 4) is 5.82 Å². The monoisotopic (exact) mass is 649 g/mol. The van der Waals surface area contributed by atoms with Crippen LogP contribution in [0.25, 0.3) is 16.9 Å². The van der Waals surface area contributed by atoms with Crippen LogP contribution in [0.15, 0.2) is 54.0 Å². The van der Waals surface area contributed by atoms with Crippen LogP contribution in [0.2, 0.25) is 0 Å². The normalized spacial score (nSPS) is 19.9. The third-order valence-electron chi connectivity index (χ3n) is 9.07. The lowest BCUT2D eigenvalue weighted by atomic mass is 9.87. The highest BCUT2D eigenvalue weighted by molar-refractivity contribution is 5.77. The van der Waals surface area contributed by atoms with Gasteiger partial charge < -0.3 is 20.1 Å². The van der Waals surface area contributed by atoms with E-state index in [0.717, 1.165) is 18.4 Å². The topological polar surface area (TPSA) is 127 Å². The number of carbonyl (C=O) groups excluding carboxylic acids is 1. The molecule has 3 aliphatic rings. The Morgan fingerprint density at radius 3 is 2.57 bits per heavy atom. The van der Waals surface area contributed by atoms with Crippen molar-refractivity contribution in [3.05, 3.63) is 81.9 Å². The minimum absolute atomic E-state index is 0.0121. The van der Waals surface area contributed by atoms with Gasteiger partial charge in [-0.3, -0.25) is 4.79 Å². The lowest BCUT2D eigenvalue weighted by molar-refractivity contribution is -0.266. The Bertz CT molecular complexity index is 2010. The first kappa shape index (κ1) is 30.9. The third-order valence-corrected chi connectivity index (χ3v) is 9.07. The van der Waals surface area contributed by atoms with Gasteiger partial charge in [-0.2, -0.15) is 18.2 Å². The summed E-state index contributed by atoms with van der Waals surface area (Å²) in [4.78, 5) is 41.3. The number of allylic oxidation sites excluding steroid dienone is 1. The second-order valence-corrected chi connectivity index (χ2v) is 13.6. The number of halogens is 3. The number of pyridine rings is 1. The molecule has 1 unspecified atom stereocenters. The number of benzene rings is 1. The summed E-state index contributed by atoms with van der Waals surface area (Å²) < 4.78 is 50.0. The van der Waals surface area contributed by atoms with Crippen LogP contribution < -0.4 is 10.9 Å². The van der Waals surface area contributed by atoms with E-state index in [-0.39, 0.29) is 52.8 Å². The molecule has 2 N–H and O–H groups in total. The van der Waals surface area contributed by atoms with E-state index in [1.54, 1.807) is 4.90 Å². The van der Waals surface area contributed by atoms with Gasteiger partial charge in [0, 0.05) is 30.4 Å². The number of aryl methyl sites for hydroxylation is 1. The van der Waals surface area contributed by atoms with E-state index in [1.807, 2.05) is 39.0 Å². The molecule has 14 heteroatoms. The molecular weight excluding hydrogens is 615 g/mol. The molecule has 3 aromatic heterocycles. The minimum atomic E-state index is -4.93. The highest BCUT2D eigenvalue weighted by Crippen LogP contribution is 2.53. The van der Waals surface area contributed by atoms with Crippen molar-refractivity contribution in [1.82, 2.24) is 29.2 Å². The van der Waals surface area contributed by atoms with Crippen LogP contribution in [0.4, 0.5) is 29.6 Å². The number of carbonyl (C=O) groups is 1. The average molecular weight is 650 g/mol. The molecule has 1 amide bonds.